The molecule has 0 spiro atoms. The highest BCUT2D eigenvalue weighted by Gasteiger charge is 2.35. The standard InChI is InChI=1S/C29H31ClF3N3O4S/c1-20(27(38)34-28(2,3)4)35(18-21-11-8-9-16-25(21)30)26(37)19-36(41(39,40)24-14-6-5-7-15-24)23-13-10-12-22(17-23)29(31,32)33/h5-17,20H,18-19H2,1-4H3,(H,34,38)/t20-/m0/s1. The van der Waals surface area contributed by atoms with Gasteiger partial charge in [-0.25, -0.2) is 8.42 Å². The lowest BCUT2D eigenvalue weighted by Crippen LogP contribution is -2.54. The molecular weight excluding hydrogens is 579 g/mol. The number of hydrogen-bond donors (Lipinski definition) is 1. The molecule has 3 rings (SSSR count). The summed E-state index contributed by atoms with van der Waals surface area (Å²) in [5.74, 6) is -1.33. The van der Waals surface area contributed by atoms with Crippen LogP contribution in [0.15, 0.2) is 83.8 Å². The number of amides is 2. The summed E-state index contributed by atoms with van der Waals surface area (Å²) >= 11 is 6.33. The molecule has 0 radical (unpaired) electrons. The molecule has 0 heterocycles. The number of carbonyl (C=O) groups excluding carboxylic acids is 2. The van der Waals surface area contributed by atoms with Crippen molar-refractivity contribution in [1.29, 1.82) is 0 Å². The second-order valence-electron chi connectivity index (χ2n) is 10.4. The molecule has 0 saturated heterocycles. The predicted octanol–water partition coefficient (Wildman–Crippen LogP) is 5.89. The van der Waals surface area contributed by atoms with E-state index in [0.717, 1.165) is 17.0 Å². The third kappa shape index (κ3) is 8.23. The fourth-order valence-electron chi connectivity index (χ4n) is 3.95. The quantitative estimate of drug-likeness (QED) is 0.328. The van der Waals surface area contributed by atoms with Crippen LogP contribution in [0.4, 0.5) is 18.9 Å². The van der Waals surface area contributed by atoms with E-state index in [4.69, 9.17) is 11.6 Å². The monoisotopic (exact) mass is 609 g/mol. The van der Waals surface area contributed by atoms with Crippen LogP contribution < -0.4 is 9.62 Å². The number of anilines is 1. The van der Waals surface area contributed by atoms with Gasteiger partial charge in [-0.1, -0.05) is 54.1 Å². The van der Waals surface area contributed by atoms with E-state index in [1.165, 1.54) is 37.3 Å². The Morgan fingerprint density at radius 2 is 1.54 bits per heavy atom. The highest BCUT2D eigenvalue weighted by atomic mass is 35.5. The van der Waals surface area contributed by atoms with Gasteiger partial charge in [-0.3, -0.25) is 13.9 Å². The molecule has 7 nitrogen and oxygen atoms in total. The lowest BCUT2D eigenvalue weighted by Gasteiger charge is -2.33. The van der Waals surface area contributed by atoms with Gasteiger partial charge in [0, 0.05) is 17.1 Å². The fourth-order valence-corrected chi connectivity index (χ4v) is 5.58. The van der Waals surface area contributed by atoms with Gasteiger partial charge in [0.1, 0.15) is 12.6 Å². The molecule has 0 aliphatic carbocycles. The molecule has 1 N–H and O–H groups in total. The number of benzene rings is 3. The van der Waals surface area contributed by atoms with E-state index in [-0.39, 0.29) is 17.1 Å². The van der Waals surface area contributed by atoms with Crippen molar-refractivity contribution in [2.45, 2.75) is 56.9 Å². The van der Waals surface area contributed by atoms with Crippen molar-refractivity contribution >= 4 is 39.1 Å². The van der Waals surface area contributed by atoms with Crippen LogP contribution in [0.2, 0.25) is 5.02 Å². The summed E-state index contributed by atoms with van der Waals surface area (Å²) in [6, 6.07) is 16.3. The van der Waals surface area contributed by atoms with Gasteiger partial charge >= 0.3 is 6.18 Å². The van der Waals surface area contributed by atoms with Gasteiger partial charge in [0.05, 0.1) is 16.1 Å². The molecule has 0 saturated carbocycles. The molecule has 1 atom stereocenters. The highest BCUT2D eigenvalue weighted by Crippen LogP contribution is 2.33. The zero-order chi connectivity index (χ0) is 30.6. The summed E-state index contributed by atoms with van der Waals surface area (Å²) in [6.07, 6.45) is -4.75. The van der Waals surface area contributed by atoms with E-state index < -0.39 is 51.7 Å². The molecule has 41 heavy (non-hydrogen) atoms. The molecule has 0 aliphatic rings. The predicted molar refractivity (Wildman–Crippen MR) is 152 cm³/mol. The van der Waals surface area contributed by atoms with Crippen molar-refractivity contribution < 1.29 is 31.2 Å². The zero-order valence-corrected chi connectivity index (χ0v) is 24.5. The maximum atomic E-state index is 13.9. The van der Waals surface area contributed by atoms with Crippen molar-refractivity contribution in [1.82, 2.24) is 10.2 Å². The molecule has 0 aliphatic heterocycles. The molecule has 2 amide bonds. The minimum Gasteiger partial charge on any atom is -0.350 e. The topological polar surface area (TPSA) is 86.8 Å². The van der Waals surface area contributed by atoms with E-state index in [0.29, 0.717) is 21.0 Å². The first kappa shape index (κ1) is 32.0. The van der Waals surface area contributed by atoms with Crippen LogP contribution in [0.5, 0.6) is 0 Å². The van der Waals surface area contributed by atoms with Crippen molar-refractivity contribution in [3.63, 3.8) is 0 Å². The number of nitrogens with one attached hydrogen (secondary N) is 1. The third-order valence-electron chi connectivity index (χ3n) is 6.04. The van der Waals surface area contributed by atoms with E-state index >= 15 is 0 Å². The van der Waals surface area contributed by atoms with Gasteiger partial charge in [-0.2, -0.15) is 13.2 Å². The minimum absolute atomic E-state index is 0.154. The molecule has 0 fully saturated rings. The first-order valence-electron chi connectivity index (χ1n) is 12.6. The number of sulfonamides is 1. The smallest absolute Gasteiger partial charge is 0.350 e. The number of hydrogen-bond acceptors (Lipinski definition) is 4. The first-order chi connectivity index (χ1) is 19.0. The lowest BCUT2D eigenvalue weighted by atomic mass is 10.1. The molecule has 3 aromatic carbocycles. The zero-order valence-electron chi connectivity index (χ0n) is 22.9. The Bertz CT molecular complexity index is 1490. The summed E-state index contributed by atoms with van der Waals surface area (Å²) in [6.45, 7) is 5.74. The van der Waals surface area contributed by atoms with Crippen molar-refractivity contribution in [3.8, 4) is 0 Å². The summed E-state index contributed by atoms with van der Waals surface area (Å²) < 4.78 is 68.7. The Balaban J connectivity index is 2.10. The number of rotatable bonds is 9. The summed E-state index contributed by atoms with van der Waals surface area (Å²) in [7, 11) is -4.51. The van der Waals surface area contributed by atoms with Crippen molar-refractivity contribution in [2.24, 2.45) is 0 Å². The van der Waals surface area contributed by atoms with Gasteiger partial charge in [-0.05, 0) is 69.7 Å². The fraction of sp³-hybridized carbons (Fsp3) is 0.310. The normalized spacial score (nSPS) is 12.9. The summed E-state index contributed by atoms with van der Waals surface area (Å²) in [5, 5.41) is 3.12. The van der Waals surface area contributed by atoms with Gasteiger partial charge in [0.15, 0.2) is 0 Å². The molecular formula is C29H31ClF3N3O4S. The first-order valence-corrected chi connectivity index (χ1v) is 14.4. The van der Waals surface area contributed by atoms with Crippen molar-refractivity contribution in [3.05, 3.63) is 95.0 Å². The van der Waals surface area contributed by atoms with E-state index in [1.807, 2.05) is 0 Å². The van der Waals surface area contributed by atoms with Gasteiger partial charge in [0.25, 0.3) is 10.0 Å². The molecule has 0 unspecified atom stereocenters. The van der Waals surface area contributed by atoms with Gasteiger partial charge in [-0.15, -0.1) is 0 Å². The van der Waals surface area contributed by atoms with Crippen LogP contribution in [0.25, 0.3) is 0 Å². The number of nitrogens with zero attached hydrogens (tertiary/aromatic N) is 2. The largest absolute Gasteiger partial charge is 0.416 e. The Morgan fingerprint density at radius 3 is 2.12 bits per heavy atom. The minimum atomic E-state index is -4.75. The van der Waals surface area contributed by atoms with E-state index in [1.54, 1.807) is 51.1 Å². The maximum absolute atomic E-state index is 13.9. The molecule has 220 valence electrons. The average molecular weight is 610 g/mol. The Labute approximate surface area is 243 Å². The third-order valence-corrected chi connectivity index (χ3v) is 8.19. The van der Waals surface area contributed by atoms with Gasteiger partial charge in [0.2, 0.25) is 11.8 Å². The van der Waals surface area contributed by atoms with Crippen LogP contribution in [-0.2, 0) is 32.3 Å². The Kier molecular flexibility index (Phi) is 9.76. The van der Waals surface area contributed by atoms with Crippen LogP contribution in [0.3, 0.4) is 0 Å². The number of halogens is 4. The summed E-state index contributed by atoms with van der Waals surface area (Å²) in [5.41, 5.74) is -1.58. The van der Waals surface area contributed by atoms with Crippen LogP contribution in [0.1, 0.15) is 38.8 Å². The second kappa shape index (κ2) is 12.5. The highest BCUT2D eigenvalue weighted by molar-refractivity contribution is 7.92. The van der Waals surface area contributed by atoms with Gasteiger partial charge < -0.3 is 10.2 Å². The SMILES string of the molecule is C[C@@H](C(=O)NC(C)(C)C)N(Cc1ccccc1Cl)C(=O)CN(c1cccc(C(F)(F)F)c1)S(=O)(=O)c1ccccc1. The van der Waals surface area contributed by atoms with Crippen molar-refractivity contribution in [2.75, 3.05) is 10.8 Å². The molecule has 0 bridgehead atoms. The lowest BCUT2D eigenvalue weighted by molar-refractivity contribution is -0.140. The molecule has 0 aromatic heterocycles. The summed E-state index contributed by atoms with van der Waals surface area (Å²) in [4.78, 5) is 27.9. The van der Waals surface area contributed by atoms with Crippen LogP contribution >= 0.6 is 11.6 Å². The Hall–Kier alpha value is -3.57. The van der Waals surface area contributed by atoms with Crippen LogP contribution in [0, 0.1) is 0 Å². The van der Waals surface area contributed by atoms with E-state index in [2.05, 4.69) is 5.32 Å². The average Bonchev–Trinajstić information content (AvgIpc) is 2.89. The Morgan fingerprint density at radius 1 is 0.927 bits per heavy atom. The number of alkyl halides is 3. The van der Waals surface area contributed by atoms with E-state index in [9.17, 15) is 31.2 Å². The maximum Gasteiger partial charge on any atom is 0.416 e. The molecule has 3 aromatic rings. The van der Waals surface area contributed by atoms with Crippen LogP contribution in [-0.4, -0.2) is 43.3 Å². The second-order valence-corrected chi connectivity index (χ2v) is 12.7. The molecule has 12 heteroatoms. The number of carbonyl (C=O) groups is 2.